The van der Waals surface area contributed by atoms with Crippen LogP contribution in [0.1, 0.15) is 39.5 Å². The number of carbonyl (C=O) groups is 2. The zero-order chi connectivity index (χ0) is 19.9. The number of thioether (sulfide) groups is 1. The van der Waals surface area contributed by atoms with Crippen LogP contribution in [0.4, 0.5) is 0 Å². The maximum atomic E-state index is 11.8. The molecule has 0 aromatic carbocycles. The summed E-state index contributed by atoms with van der Waals surface area (Å²) >= 11 is 1.68. The van der Waals surface area contributed by atoms with E-state index in [1.165, 1.54) is 4.91 Å². The highest BCUT2D eigenvalue weighted by Gasteiger charge is 2.21. The largest absolute Gasteiger partial charge is 0.353 e. The molecule has 2 aliphatic heterocycles. The van der Waals surface area contributed by atoms with Crippen molar-refractivity contribution >= 4 is 23.5 Å². The normalized spacial score (nSPS) is 21.1. The molecule has 0 unspecified atom stereocenters. The molecule has 3 rings (SSSR count). The van der Waals surface area contributed by atoms with Gasteiger partial charge in [-0.25, -0.2) is 0 Å². The number of rotatable bonds is 7. The number of likely N-dealkylation sites (tertiary alicyclic amines) is 1. The smallest absolute Gasteiger partial charge is 0.222 e. The number of nitrogens with zero attached hydrogens (tertiary/aromatic N) is 2. The summed E-state index contributed by atoms with van der Waals surface area (Å²) in [5.74, 6) is 0.402. The minimum atomic E-state index is 0.0604. The average Bonchev–Trinajstić information content (AvgIpc) is 2.69. The predicted octanol–water partition coefficient (Wildman–Crippen LogP) is 3.43. The van der Waals surface area contributed by atoms with Crippen molar-refractivity contribution in [2.24, 2.45) is 5.92 Å². The summed E-state index contributed by atoms with van der Waals surface area (Å²) in [5.41, 5.74) is 1.11. The number of piperidine rings is 1. The van der Waals surface area contributed by atoms with Crippen LogP contribution in [0.2, 0.25) is 0 Å². The van der Waals surface area contributed by atoms with Crippen molar-refractivity contribution < 1.29 is 9.59 Å². The van der Waals surface area contributed by atoms with Crippen molar-refractivity contribution in [1.82, 2.24) is 15.1 Å². The van der Waals surface area contributed by atoms with E-state index in [2.05, 4.69) is 32.9 Å². The standard InChI is InChI=1S/C22H31N3O2S/c1-17(2)22(27)23-19-7-11-24(12-8-19)9-4-10-25-13-14-28-21(16-25)18-5-3-6-20(26)15-18/h3,5-6,13-14,16-17,19H,4,7-12,15H2,1-2H3,(H,23,27). The number of allylic oxidation sites excluding steroid dienone is 4. The maximum absolute atomic E-state index is 11.8. The van der Waals surface area contributed by atoms with Gasteiger partial charge in [-0.15, -0.1) is 0 Å². The quantitative estimate of drug-likeness (QED) is 0.708. The van der Waals surface area contributed by atoms with Crippen molar-refractivity contribution in [1.29, 1.82) is 0 Å². The van der Waals surface area contributed by atoms with Gasteiger partial charge in [-0.2, -0.15) is 0 Å². The van der Waals surface area contributed by atoms with Crippen LogP contribution < -0.4 is 5.32 Å². The van der Waals surface area contributed by atoms with Crippen molar-refractivity contribution in [3.05, 3.63) is 46.5 Å². The van der Waals surface area contributed by atoms with E-state index in [0.29, 0.717) is 12.5 Å². The third kappa shape index (κ3) is 6.11. The molecular formula is C22H31N3O2S. The minimum Gasteiger partial charge on any atom is -0.353 e. The van der Waals surface area contributed by atoms with Gasteiger partial charge in [-0.1, -0.05) is 37.8 Å². The van der Waals surface area contributed by atoms with E-state index in [0.717, 1.165) is 51.0 Å². The Morgan fingerprint density at radius 2 is 2.07 bits per heavy atom. The van der Waals surface area contributed by atoms with E-state index in [-0.39, 0.29) is 17.6 Å². The van der Waals surface area contributed by atoms with Crippen LogP contribution in [0.25, 0.3) is 0 Å². The molecule has 6 heteroatoms. The number of ketones is 1. The topological polar surface area (TPSA) is 52.7 Å². The molecule has 5 nitrogen and oxygen atoms in total. The first-order valence-electron chi connectivity index (χ1n) is 10.3. The first kappa shape index (κ1) is 20.9. The summed E-state index contributed by atoms with van der Waals surface area (Å²) in [4.78, 5) is 29.4. The van der Waals surface area contributed by atoms with Gasteiger partial charge in [0.05, 0.1) is 0 Å². The zero-order valence-electron chi connectivity index (χ0n) is 16.9. The molecule has 1 aliphatic carbocycles. The van der Waals surface area contributed by atoms with E-state index >= 15 is 0 Å². The summed E-state index contributed by atoms with van der Waals surface area (Å²) in [7, 11) is 0. The Hall–Kier alpha value is -1.79. The van der Waals surface area contributed by atoms with E-state index in [1.54, 1.807) is 17.8 Å². The van der Waals surface area contributed by atoms with E-state index in [1.807, 2.05) is 26.0 Å². The van der Waals surface area contributed by atoms with Gasteiger partial charge in [0.2, 0.25) is 5.91 Å². The molecule has 1 amide bonds. The van der Waals surface area contributed by atoms with Gasteiger partial charge in [-0.05, 0) is 42.9 Å². The molecule has 0 spiro atoms. The van der Waals surface area contributed by atoms with Gasteiger partial charge < -0.3 is 15.1 Å². The molecule has 1 saturated heterocycles. The molecule has 0 aromatic rings. The monoisotopic (exact) mass is 401 g/mol. The lowest BCUT2D eigenvalue weighted by atomic mass is 10.0. The van der Waals surface area contributed by atoms with Crippen molar-refractivity contribution in [3.63, 3.8) is 0 Å². The molecule has 1 N–H and O–H groups in total. The summed E-state index contributed by atoms with van der Waals surface area (Å²) in [6.45, 7) is 8.04. The molecule has 0 bridgehead atoms. The Bertz CT molecular complexity index is 701. The van der Waals surface area contributed by atoms with Gasteiger partial charge in [-0.3, -0.25) is 9.59 Å². The Balaban J connectivity index is 1.38. The fourth-order valence-corrected chi connectivity index (χ4v) is 4.45. The molecule has 152 valence electrons. The van der Waals surface area contributed by atoms with Gasteiger partial charge in [0.1, 0.15) is 0 Å². The molecule has 28 heavy (non-hydrogen) atoms. The van der Waals surface area contributed by atoms with Crippen molar-refractivity contribution in [3.8, 4) is 0 Å². The Morgan fingerprint density at radius 1 is 1.29 bits per heavy atom. The molecule has 1 fully saturated rings. The minimum absolute atomic E-state index is 0.0604. The highest BCUT2D eigenvalue weighted by Crippen LogP contribution is 2.32. The SMILES string of the molecule is CC(C)C(=O)NC1CCN(CCCN2C=CSC(C3=CC=CC(=O)C3)=C2)CC1. The molecule has 2 heterocycles. The molecule has 3 aliphatic rings. The predicted molar refractivity (Wildman–Crippen MR) is 115 cm³/mol. The molecule has 0 atom stereocenters. The van der Waals surface area contributed by atoms with Crippen LogP contribution in [0.15, 0.2) is 46.5 Å². The second kappa shape index (κ2) is 10.1. The highest BCUT2D eigenvalue weighted by atomic mass is 32.2. The second-order valence-electron chi connectivity index (χ2n) is 7.96. The number of hydrogen-bond donors (Lipinski definition) is 1. The van der Waals surface area contributed by atoms with Crippen LogP contribution in [0.3, 0.4) is 0 Å². The maximum Gasteiger partial charge on any atom is 0.222 e. The Kier molecular flexibility index (Phi) is 7.57. The molecular weight excluding hydrogens is 370 g/mol. The number of carbonyl (C=O) groups excluding carboxylic acids is 2. The van der Waals surface area contributed by atoms with Crippen molar-refractivity contribution in [2.45, 2.75) is 45.6 Å². The number of amides is 1. The van der Waals surface area contributed by atoms with Crippen LogP contribution in [-0.2, 0) is 9.59 Å². The van der Waals surface area contributed by atoms with Gasteiger partial charge in [0.15, 0.2) is 5.78 Å². The first-order valence-corrected chi connectivity index (χ1v) is 11.1. The highest BCUT2D eigenvalue weighted by molar-refractivity contribution is 8.06. The van der Waals surface area contributed by atoms with Gasteiger partial charge in [0.25, 0.3) is 0 Å². The zero-order valence-corrected chi connectivity index (χ0v) is 17.7. The van der Waals surface area contributed by atoms with E-state index in [4.69, 9.17) is 0 Å². The number of hydrogen-bond acceptors (Lipinski definition) is 5. The van der Waals surface area contributed by atoms with Crippen LogP contribution in [0, 0.1) is 5.92 Å². The summed E-state index contributed by atoms with van der Waals surface area (Å²) in [5, 5.41) is 5.26. The van der Waals surface area contributed by atoms with Crippen LogP contribution in [-0.4, -0.2) is 53.7 Å². The average molecular weight is 402 g/mol. The third-order valence-corrected chi connectivity index (χ3v) is 6.22. The Morgan fingerprint density at radius 3 is 2.79 bits per heavy atom. The van der Waals surface area contributed by atoms with Gasteiger partial charge in [0, 0.05) is 55.3 Å². The lowest BCUT2D eigenvalue weighted by Gasteiger charge is -2.33. The fraction of sp³-hybridized carbons (Fsp3) is 0.545. The van der Waals surface area contributed by atoms with Crippen LogP contribution in [0.5, 0.6) is 0 Å². The lowest BCUT2D eigenvalue weighted by molar-refractivity contribution is -0.125. The van der Waals surface area contributed by atoms with Crippen LogP contribution >= 0.6 is 11.8 Å². The number of nitrogens with one attached hydrogen (secondary N) is 1. The van der Waals surface area contributed by atoms with Crippen molar-refractivity contribution in [2.75, 3.05) is 26.2 Å². The fourth-order valence-electron chi connectivity index (χ4n) is 3.60. The van der Waals surface area contributed by atoms with E-state index < -0.39 is 0 Å². The lowest BCUT2D eigenvalue weighted by Crippen LogP contribution is -2.46. The van der Waals surface area contributed by atoms with Gasteiger partial charge >= 0.3 is 0 Å². The third-order valence-electron chi connectivity index (χ3n) is 5.34. The summed E-state index contributed by atoms with van der Waals surface area (Å²) < 4.78 is 0. The molecule has 0 saturated carbocycles. The summed E-state index contributed by atoms with van der Waals surface area (Å²) in [6, 6.07) is 0.333. The second-order valence-corrected chi connectivity index (χ2v) is 8.91. The molecule has 0 radical (unpaired) electrons. The summed E-state index contributed by atoms with van der Waals surface area (Å²) in [6.07, 6.45) is 13.5. The first-order chi connectivity index (χ1) is 13.5. The molecule has 0 aromatic heterocycles. The van der Waals surface area contributed by atoms with E-state index in [9.17, 15) is 9.59 Å². The Labute approximate surface area is 172 Å².